The highest BCUT2D eigenvalue weighted by Crippen LogP contribution is 2.18. The molecule has 0 spiro atoms. The van der Waals surface area contributed by atoms with Crippen LogP contribution in [0.4, 0.5) is 0 Å². The highest BCUT2D eigenvalue weighted by Gasteiger charge is 2.19. The van der Waals surface area contributed by atoms with Gasteiger partial charge in [0.2, 0.25) is 0 Å². The maximum atomic E-state index is 12.9. The maximum absolute atomic E-state index is 12.9. The van der Waals surface area contributed by atoms with Crippen molar-refractivity contribution in [1.82, 2.24) is 0 Å². The number of hydrogen-bond acceptors (Lipinski definition) is 6. The van der Waals surface area contributed by atoms with Gasteiger partial charge in [0.1, 0.15) is 13.2 Å². The first kappa shape index (κ1) is 66.2. The first-order valence-electron chi connectivity index (χ1n) is 30.7. The Balaban J connectivity index is 4.17. The molecule has 0 aliphatic heterocycles. The summed E-state index contributed by atoms with van der Waals surface area (Å²) in [6, 6.07) is 0. The molecule has 68 heavy (non-hydrogen) atoms. The number of ether oxygens (including phenoxy) is 3. The Kier molecular flexibility index (Phi) is 56.2. The molecule has 1 atom stereocenters. The van der Waals surface area contributed by atoms with E-state index in [0.29, 0.717) is 19.3 Å². The van der Waals surface area contributed by atoms with Crippen LogP contribution >= 0.6 is 0 Å². The van der Waals surface area contributed by atoms with Crippen molar-refractivity contribution in [3.05, 3.63) is 12.2 Å². The van der Waals surface area contributed by atoms with Gasteiger partial charge < -0.3 is 14.2 Å². The van der Waals surface area contributed by atoms with Gasteiger partial charge in [0.15, 0.2) is 6.10 Å². The molecule has 0 saturated heterocycles. The molecule has 0 saturated carbocycles. The monoisotopic (exact) mass is 959 g/mol. The minimum absolute atomic E-state index is 0.0665. The first-order valence-corrected chi connectivity index (χ1v) is 30.7. The Hall–Kier alpha value is -1.85. The molecule has 0 aliphatic carbocycles. The number of carbonyl (C=O) groups is 3. The van der Waals surface area contributed by atoms with E-state index in [-0.39, 0.29) is 31.1 Å². The molecule has 0 aromatic carbocycles. The first-order chi connectivity index (χ1) is 33.5. The van der Waals surface area contributed by atoms with Crippen LogP contribution in [0.2, 0.25) is 0 Å². The smallest absolute Gasteiger partial charge is 0.306 e. The van der Waals surface area contributed by atoms with E-state index in [1.54, 1.807) is 0 Å². The number of carbonyl (C=O) groups excluding carboxylic acids is 3. The van der Waals surface area contributed by atoms with E-state index in [1.165, 1.54) is 238 Å². The largest absolute Gasteiger partial charge is 0.462 e. The van der Waals surface area contributed by atoms with Crippen molar-refractivity contribution in [2.24, 2.45) is 0 Å². The van der Waals surface area contributed by atoms with Crippen LogP contribution in [0.5, 0.6) is 0 Å². The molecule has 0 N–H and O–H groups in total. The van der Waals surface area contributed by atoms with Crippen molar-refractivity contribution in [3.63, 3.8) is 0 Å². The summed E-state index contributed by atoms with van der Waals surface area (Å²) in [5.41, 5.74) is 0. The van der Waals surface area contributed by atoms with Crippen LogP contribution in [0.1, 0.15) is 348 Å². The molecule has 0 radical (unpaired) electrons. The van der Waals surface area contributed by atoms with Gasteiger partial charge in [-0.2, -0.15) is 0 Å². The fourth-order valence-corrected chi connectivity index (χ4v) is 9.39. The summed E-state index contributed by atoms with van der Waals surface area (Å²) in [6.45, 7) is 6.64. The van der Waals surface area contributed by atoms with E-state index in [1.807, 2.05) is 0 Å². The van der Waals surface area contributed by atoms with Gasteiger partial charge in [0.05, 0.1) is 0 Å². The van der Waals surface area contributed by atoms with Crippen LogP contribution in [-0.2, 0) is 28.6 Å². The van der Waals surface area contributed by atoms with Gasteiger partial charge in [-0.25, -0.2) is 0 Å². The van der Waals surface area contributed by atoms with Crippen LogP contribution in [0.3, 0.4) is 0 Å². The van der Waals surface area contributed by atoms with Gasteiger partial charge >= 0.3 is 17.9 Å². The van der Waals surface area contributed by atoms with Crippen molar-refractivity contribution < 1.29 is 28.6 Å². The number of esters is 3. The Bertz CT molecular complexity index is 1060. The second kappa shape index (κ2) is 57.7. The molecule has 0 aliphatic rings. The number of unbranched alkanes of at least 4 members (excludes halogenated alkanes) is 44. The van der Waals surface area contributed by atoms with E-state index in [9.17, 15) is 14.4 Å². The second-order valence-corrected chi connectivity index (χ2v) is 21.0. The predicted molar refractivity (Wildman–Crippen MR) is 293 cm³/mol. The third kappa shape index (κ3) is 55.1. The van der Waals surface area contributed by atoms with Gasteiger partial charge in [0, 0.05) is 19.3 Å². The Morgan fingerprint density at radius 3 is 0.794 bits per heavy atom. The average molecular weight is 960 g/mol. The number of hydrogen-bond donors (Lipinski definition) is 0. The second-order valence-electron chi connectivity index (χ2n) is 21.0. The van der Waals surface area contributed by atoms with Crippen LogP contribution in [-0.4, -0.2) is 37.2 Å². The minimum atomic E-state index is -0.767. The third-order valence-electron chi connectivity index (χ3n) is 14.0. The molecule has 6 nitrogen and oxygen atoms in total. The van der Waals surface area contributed by atoms with E-state index in [0.717, 1.165) is 70.6 Å². The zero-order valence-electron chi connectivity index (χ0n) is 46.2. The summed E-state index contributed by atoms with van der Waals surface area (Å²) in [7, 11) is 0. The molecule has 0 rings (SSSR count). The molecule has 1 unspecified atom stereocenters. The summed E-state index contributed by atoms with van der Waals surface area (Å²) in [4.78, 5) is 38.1. The third-order valence-corrected chi connectivity index (χ3v) is 14.0. The van der Waals surface area contributed by atoms with Gasteiger partial charge in [-0.05, 0) is 38.5 Å². The quantitative estimate of drug-likeness (QED) is 0.0262. The molecule has 0 aromatic heterocycles. The van der Waals surface area contributed by atoms with Crippen LogP contribution < -0.4 is 0 Å². The van der Waals surface area contributed by atoms with Gasteiger partial charge in [-0.1, -0.05) is 303 Å². The van der Waals surface area contributed by atoms with Crippen molar-refractivity contribution in [3.8, 4) is 0 Å². The summed E-state index contributed by atoms with van der Waals surface area (Å²) in [6.07, 6.45) is 66.6. The summed E-state index contributed by atoms with van der Waals surface area (Å²) in [5.74, 6) is -0.852. The van der Waals surface area contributed by atoms with Gasteiger partial charge in [-0.3, -0.25) is 14.4 Å². The van der Waals surface area contributed by atoms with Crippen LogP contribution in [0.15, 0.2) is 12.2 Å². The number of rotatable bonds is 57. The molecule has 402 valence electrons. The van der Waals surface area contributed by atoms with Crippen molar-refractivity contribution in [2.75, 3.05) is 13.2 Å². The predicted octanol–water partition coefficient (Wildman–Crippen LogP) is 20.5. The topological polar surface area (TPSA) is 78.9 Å². The van der Waals surface area contributed by atoms with Crippen LogP contribution in [0.25, 0.3) is 0 Å². The van der Waals surface area contributed by atoms with Crippen molar-refractivity contribution in [1.29, 1.82) is 0 Å². The average Bonchev–Trinajstić information content (AvgIpc) is 3.34. The maximum Gasteiger partial charge on any atom is 0.306 e. The lowest BCUT2D eigenvalue weighted by atomic mass is 10.0. The SMILES string of the molecule is CCC/C=C\CCCCCCCC(=O)OCC(COC(=O)CCCCCCCCCCCCCCCCCCCCCCCCC)OC(=O)CCCCCCCCCCCCCCCCCCC. The zero-order valence-corrected chi connectivity index (χ0v) is 46.2. The molecule has 6 heteroatoms. The molecule has 0 heterocycles. The minimum Gasteiger partial charge on any atom is -0.462 e. The van der Waals surface area contributed by atoms with Crippen molar-refractivity contribution >= 4 is 17.9 Å². The Labute approximate surface area is 424 Å². The molecule has 0 aromatic rings. The summed E-state index contributed by atoms with van der Waals surface area (Å²) < 4.78 is 16.9. The Morgan fingerprint density at radius 1 is 0.279 bits per heavy atom. The van der Waals surface area contributed by atoms with E-state index < -0.39 is 6.10 Å². The standard InChI is InChI=1S/C62H118O6/c1-4-7-10-13-16-19-22-24-26-28-29-30-31-32-33-35-36-38-40-43-46-49-52-55-61(64)67-58-59(57-66-60(63)54-51-48-45-42-21-18-15-12-9-6-3)68-62(65)56-53-50-47-44-41-39-37-34-27-25-23-20-17-14-11-8-5-2/h12,15,59H,4-11,13-14,16-58H2,1-3H3/b15-12-. The van der Waals surface area contributed by atoms with Gasteiger partial charge in [0.25, 0.3) is 0 Å². The highest BCUT2D eigenvalue weighted by molar-refractivity contribution is 5.71. The molecule has 0 bridgehead atoms. The Morgan fingerprint density at radius 2 is 0.515 bits per heavy atom. The fraction of sp³-hybridized carbons (Fsp3) is 0.919. The van der Waals surface area contributed by atoms with E-state index in [2.05, 4.69) is 32.9 Å². The number of allylic oxidation sites excluding steroid dienone is 2. The summed E-state index contributed by atoms with van der Waals surface area (Å²) in [5, 5.41) is 0. The normalized spacial score (nSPS) is 12.0. The van der Waals surface area contributed by atoms with Gasteiger partial charge in [-0.15, -0.1) is 0 Å². The zero-order chi connectivity index (χ0) is 49.3. The van der Waals surface area contributed by atoms with E-state index in [4.69, 9.17) is 14.2 Å². The highest BCUT2D eigenvalue weighted by atomic mass is 16.6. The summed E-state index contributed by atoms with van der Waals surface area (Å²) >= 11 is 0. The van der Waals surface area contributed by atoms with Crippen LogP contribution in [0, 0.1) is 0 Å². The molecule has 0 amide bonds. The fourth-order valence-electron chi connectivity index (χ4n) is 9.39. The lowest BCUT2D eigenvalue weighted by Crippen LogP contribution is -2.30. The molecule has 0 fully saturated rings. The lowest BCUT2D eigenvalue weighted by Gasteiger charge is -2.18. The lowest BCUT2D eigenvalue weighted by molar-refractivity contribution is -0.167. The molecular weight excluding hydrogens is 841 g/mol. The van der Waals surface area contributed by atoms with E-state index >= 15 is 0 Å². The molecular formula is C62H118O6. The van der Waals surface area contributed by atoms with Crippen molar-refractivity contribution in [2.45, 2.75) is 354 Å².